The van der Waals surface area contributed by atoms with Gasteiger partial charge in [0.2, 0.25) is 11.8 Å². The summed E-state index contributed by atoms with van der Waals surface area (Å²) in [6, 6.07) is 17.1. The van der Waals surface area contributed by atoms with E-state index in [-0.39, 0.29) is 17.9 Å². The normalized spacial score (nSPS) is 11.8. The van der Waals surface area contributed by atoms with E-state index in [2.05, 4.69) is 5.32 Å². The van der Waals surface area contributed by atoms with Gasteiger partial charge in [0.15, 0.2) is 0 Å². The van der Waals surface area contributed by atoms with Crippen molar-refractivity contribution in [3.63, 3.8) is 0 Å². The highest BCUT2D eigenvalue weighted by Crippen LogP contribution is 2.18. The predicted molar refractivity (Wildman–Crippen MR) is 116 cm³/mol. The van der Waals surface area contributed by atoms with Crippen LogP contribution in [-0.4, -0.2) is 35.9 Å². The number of nitrogens with one attached hydrogen (secondary N) is 1. The zero-order valence-electron chi connectivity index (χ0n) is 17.9. The molecular weight excluding hydrogens is 364 g/mol. The van der Waals surface area contributed by atoms with Crippen molar-refractivity contribution in [2.24, 2.45) is 0 Å². The Morgan fingerprint density at radius 2 is 1.72 bits per heavy atom. The standard InChI is InChI=1S/C24H32N2O3/c1-5-22(24(28)25-18(2)3)26(17-20-12-9-13-21(16-20)29-4)23(27)15-14-19-10-7-6-8-11-19/h6-13,16,18,22H,5,14-15,17H2,1-4H3,(H,25,28)/t22-/m0/s1. The van der Waals surface area contributed by atoms with Crippen LogP contribution in [0.5, 0.6) is 5.75 Å². The first-order valence-corrected chi connectivity index (χ1v) is 10.2. The third kappa shape index (κ3) is 6.93. The second-order valence-electron chi connectivity index (χ2n) is 7.45. The molecule has 0 aliphatic rings. The van der Waals surface area contributed by atoms with E-state index in [1.165, 1.54) is 0 Å². The summed E-state index contributed by atoms with van der Waals surface area (Å²) in [6.45, 7) is 6.16. The summed E-state index contributed by atoms with van der Waals surface area (Å²) in [7, 11) is 1.62. The van der Waals surface area contributed by atoms with E-state index in [9.17, 15) is 9.59 Å². The van der Waals surface area contributed by atoms with Gasteiger partial charge in [-0.3, -0.25) is 9.59 Å². The lowest BCUT2D eigenvalue weighted by Gasteiger charge is -2.31. The van der Waals surface area contributed by atoms with Crippen LogP contribution in [0.4, 0.5) is 0 Å². The fourth-order valence-corrected chi connectivity index (χ4v) is 3.31. The van der Waals surface area contributed by atoms with Crippen LogP contribution < -0.4 is 10.1 Å². The van der Waals surface area contributed by atoms with Crippen molar-refractivity contribution < 1.29 is 14.3 Å². The van der Waals surface area contributed by atoms with E-state index >= 15 is 0 Å². The van der Waals surface area contributed by atoms with Gasteiger partial charge in [0.1, 0.15) is 11.8 Å². The van der Waals surface area contributed by atoms with Gasteiger partial charge in [-0.05, 0) is 49.9 Å². The Kier molecular flexibility index (Phi) is 8.71. The topological polar surface area (TPSA) is 58.6 Å². The smallest absolute Gasteiger partial charge is 0.243 e. The van der Waals surface area contributed by atoms with Crippen molar-refractivity contribution in [3.8, 4) is 5.75 Å². The lowest BCUT2D eigenvalue weighted by atomic mass is 10.1. The maximum absolute atomic E-state index is 13.2. The van der Waals surface area contributed by atoms with Crippen LogP contribution in [0.2, 0.25) is 0 Å². The van der Waals surface area contributed by atoms with Crippen LogP contribution in [0.3, 0.4) is 0 Å². The minimum atomic E-state index is -0.508. The minimum Gasteiger partial charge on any atom is -0.497 e. The summed E-state index contributed by atoms with van der Waals surface area (Å²) in [4.78, 5) is 27.7. The monoisotopic (exact) mass is 396 g/mol. The zero-order chi connectivity index (χ0) is 21.2. The van der Waals surface area contributed by atoms with Gasteiger partial charge in [-0.1, -0.05) is 49.4 Å². The van der Waals surface area contributed by atoms with E-state index in [1.54, 1.807) is 12.0 Å². The average molecular weight is 397 g/mol. The first-order valence-electron chi connectivity index (χ1n) is 10.2. The van der Waals surface area contributed by atoms with E-state index in [0.29, 0.717) is 25.8 Å². The third-order valence-electron chi connectivity index (χ3n) is 4.77. The highest BCUT2D eigenvalue weighted by Gasteiger charge is 2.28. The molecule has 0 radical (unpaired) electrons. The minimum absolute atomic E-state index is 0.0228. The molecule has 0 saturated heterocycles. The molecule has 2 rings (SSSR count). The van der Waals surface area contributed by atoms with Gasteiger partial charge >= 0.3 is 0 Å². The molecule has 2 aromatic carbocycles. The fraction of sp³-hybridized carbons (Fsp3) is 0.417. The van der Waals surface area contributed by atoms with Crippen LogP contribution in [0.1, 0.15) is 44.7 Å². The Hall–Kier alpha value is -2.82. The first-order chi connectivity index (χ1) is 13.9. The molecule has 2 aromatic rings. The molecular formula is C24H32N2O3. The molecule has 0 heterocycles. The van der Waals surface area contributed by atoms with Gasteiger partial charge < -0.3 is 15.0 Å². The number of benzene rings is 2. The number of amides is 2. The van der Waals surface area contributed by atoms with E-state index in [0.717, 1.165) is 16.9 Å². The number of carbonyl (C=O) groups excluding carboxylic acids is 2. The largest absolute Gasteiger partial charge is 0.497 e. The molecule has 0 saturated carbocycles. The van der Waals surface area contributed by atoms with E-state index < -0.39 is 6.04 Å². The summed E-state index contributed by atoms with van der Waals surface area (Å²) in [5, 5.41) is 2.95. The molecule has 2 amide bonds. The molecule has 29 heavy (non-hydrogen) atoms. The third-order valence-corrected chi connectivity index (χ3v) is 4.77. The van der Waals surface area contributed by atoms with Crippen molar-refractivity contribution in [3.05, 3.63) is 65.7 Å². The fourth-order valence-electron chi connectivity index (χ4n) is 3.31. The van der Waals surface area contributed by atoms with Crippen molar-refractivity contribution in [1.82, 2.24) is 10.2 Å². The molecule has 5 heteroatoms. The number of ether oxygens (including phenoxy) is 1. The van der Waals surface area contributed by atoms with Gasteiger partial charge in [0.25, 0.3) is 0 Å². The number of hydrogen-bond acceptors (Lipinski definition) is 3. The highest BCUT2D eigenvalue weighted by molar-refractivity contribution is 5.87. The average Bonchev–Trinajstić information content (AvgIpc) is 2.72. The number of aryl methyl sites for hydroxylation is 1. The predicted octanol–water partition coefficient (Wildman–Crippen LogP) is 3.96. The molecule has 0 aliphatic carbocycles. The Morgan fingerprint density at radius 1 is 1.03 bits per heavy atom. The van der Waals surface area contributed by atoms with Gasteiger partial charge in [0.05, 0.1) is 7.11 Å². The van der Waals surface area contributed by atoms with Gasteiger partial charge in [0, 0.05) is 19.0 Å². The van der Waals surface area contributed by atoms with Crippen LogP contribution in [0, 0.1) is 0 Å². The molecule has 1 N–H and O–H groups in total. The number of carbonyl (C=O) groups is 2. The van der Waals surface area contributed by atoms with Crippen LogP contribution >= 0.6 is 0 Å². The molecule has 0 bridgehead atoms. The molecule has 156 valence electrons. The highest BCUT2D eigenvalue weighted by atomic mass is 16.5. The van der Waals surface area contributed by atoms with Crippen LogP contribution in [0.25, 0.3) is 0 Å². The second kappa shape index (κ2) is 11.2. The maximum Gasteiger partial charge on any atom is 0.243 e. The summed E-state index contributed by atoms with van der Waals surface area (Å²) in [5.41, 5.74) is 2.05. The van der Waals surface area contributed by atoms with E-state index in [4.69, 9.17) is 4.74 Å². The van der Waals surface area contributed by atoms with Crippen LogP contribution in [0.15, 0.2) is 54.6 Å². The molecule has 1 atom stereocenters. The van der Waals surface area contributed by atoms with Crippen molar-refractivity contribution in [2.75, 3.05) is 7.11 Å². The zero-order valence-corrected chi connectivity index (χ0v) is 17.9. The molecule has 0 aliphatic heterocycles. The van der Waals surface area contributed by atoms with Crippen molar-refractivity contribution in [1.29, 1.82) is 0 Å². The Bertz CT molecular complexity index is 790. The van der Waals surface area contributed by atoms with Gasteiger partial charge in [-0.2, -0.15) is 0 Å². The summed E-state index contributed by atoms with van der Waals surface area (Å²) >= 11 is 0. The van der Waals surface area contributed by atoms with Gasteiger partial charge in [-0.15, -0.1) is 0 Å². The second-order valence-corrected chi connectivity index (χ2v) is 7.45. The van der Waals surface area contributed by atoms with Gasteiger partial charge in [-0.25, -0.2) is 0 Å². The number of hydrogen-bond donors (Lipinski definition) is 1. The molecule has 0 aromatic heterocycles. The number of nitrogens with zero attached hydrogens (tertiary/aromatic N) is 1. The molecule has 0 fully saturated rings. The quantitative estimate of drug-likeness (QED) is 0.661. The number of rotatable bonds is 10. The molecule has 5 nitrogen and oxygen atoms in total. The Morgan fingerprint density at radius 3 is 2.34 bits per heavy atom. The Labute approximate surface area is 174 Å². The Balaban J connectivity index is 2.22. The van der Waals surface area contributed by atoms with Crippen molar-refractivity contribution >= 4 is 11.8 Å². The van der Waals surface area contributed by atoms with Crippen molar-refractivity contribution in [2.45, 2.75) is 58.7 Å². The van der Waals surface area contributed by atoms with E-state index in [1.807, 2.05) is 75.4 Å². The SMILES string of the molecule is CC[C@@H](C(=O)NC(C)C)N(Cc1cccc(OC)c1)C(=O)CCc1ccccc1. The lowest BCUT2D eigenvalue weighted by molar-refractivity contribution is -0.141. The summed E-state index contributed by atoms with van der Waals surface area (Å²) in [6.07, 6.45) is 1.57. The lowest BCUT2D eigenvalue weighted by Crippen LogP contribution is -2.50. The molecule has 0 unspecified atom stereocenters. The summed E-state index contributed by atoms with van der Waals surface area (Å²) in [5.74, 6) is 0.597. The maximum atomic E-state index is 13.2. The number of methoxy groups -OCH3 is 1. The first kappa shape index (κ1) is 22.5. The molecule has 0 spiro atoms. The van der Waals surface area contributed by atoms with Crippen LogP contribution in [-0.2, 0) is 22.6 Å². The summed E-state index contributed by atoms with van der Waals surface area (Å²) < 4.78 is 5.31.